The molecule has 2 unspecified atom stereocenters. The van der Waals surface area contributed by atoms with Crippen LogP contribution in [0.15, 0.2) is 30.3 Å². The molecule has 2 N–H and O–H groups in total. The predicted octanol–water partition coefficient (Wildman–Crippen LogP) is 3.42. The highest BCUT2D eigenvalue weighted by Crippen LogP contribution is 2.32. The van der Waals surface area contributed by atoms with Crippen LogP contribution in [0.4, 0.5) is 0 Å². The third-order valence-electron chi connectivity index (χ3n) is 5.05. The molecule has 124 valence electrons. The minimum atomic E-state index is -0.404. The molecule has 1 fully saturated rings. The summed E-state index contributed by atoms with van der Waals surface area (Å²) in [5.74, 6) is 0.180. The summed E-state index contributed by atoms with van der Waals surface area (Å²) in [4.78, 5) is 13.0. The van der Waals surface area contributed by atoms with Crippen molar-refractivity contribution in [2.45, 2.75) is 64.0 Å². The lowest BCUT2D eigenvalue weighted by atomic mass is 9.74. The lowest BCUT2D eigenvalue weighted by molar-refractivity contribution is -0.128. The van der Waals surface area contributed by atoms with Crippen molar-refractivity contribution >= 4 is 18.3 Å². The van der Waals surface area contributed by atoms with Gasteiger partial charge in [-0.1, -0.05) is 44.2 Å². The van der Waals surface area contributed by atoms with Gasteiger partial charge in [0.15, 0.2) is 0 Å². The minimum Gasteiger partial charge on any atom is -0.351 e. The van der Waals surface area contributed by atoms with E-state index >= 15 is 0 Å². The molecule has 1 saturated heterocycles. The normalized spacial score (nSPS) is 21.8. The molecular weight excluding hydrogens is 296 g/mol. The molecule has 0 spiro atoms. The minimum absolute atomic E-state index is 0. The van der Waals surface area contributed by atoms with Crippen molar-refractivity contribution in [3.05, 3.63) is 35.9 Å². The van der Waals surface area contributed by atoms with Crippen LogP contribution >= 0.6 is 12.4 Å². The Morgan fingerprint density at radius 1 is 1.27 bits per heavy atom. The molecule has 2 atom stereocenters. The Morgan fingerprint density at radius 2 is 1.91 bits per heavy atom. The fourth-order valence-electron chi connectivity index (χ4n) is 3.42. The Morgan fingerprint density at radius 3 is 2.45 bits per heavy atom. The molecule has 1 amide bonds. The van der Waals surface area contributed by atoms with Crippen LogP contribution in [-0.4, -0.2) is 24.5 Å². The van der Waals surface area contributed by atoms with Crippen molar-refractivity contribution in [1.82, 2.24) is 10.6 Å². The van der Waals surface area contributed by atoms with Gasteiger partial charge in [-0.2, -0.15) is 0 Å². The second kappa shape index (κ2) is 8.54. The highest BCUT2D eigenvalue weighted by Gasteiger charge is 2.38. The van der Waals surface area contributed by atoms with Crippen molar-refractivity contribution in [3.8, 4) is 0 Å². The number of benzene rings is 1. The van der Waals surface area contributed by atoms with Crippen LogP contribution in [0, 0.1) is 0 Å². The van der Waals surface area contributed by atoms with Gasteiger partial charge < -0.3 is 10.6 Å². The predicted molar refractivity (Wildman–Crippen MR) is 94.6 cm³/mol. The number of hydrogen-bond donors (Lipinski definition) is 2. The molecule has 2 rings (SSSR count). The molecule has 4 heteroatoms. The van der Waals surface area contributed by atoms with E-state index < -0.39 is 5.41 Å². The zero-order valence-corrected chi connectivity index (χ0v) is 14.7. The number of amides is 1. The molecule has 0 saturated carbocycles. The molecule has 1 aliphatic rings. The Kier molecular flexibility index (Phi) is 7.37. The maximum atomic E-state index is 13.0. The van der Waals surface area contributed by atoms with Gasteiger partial charge in [-0.05, 0) is 44.7 Å². The summed E-state index contributed by atoms with van der Waals surface area (Å²) >= 11 is 0. The molecule has 1 heterocycles. The van der Waals surface area contributed by atoms with Gasteiger partial charge in [0.05, 0.1) is 5.41 Å². The van der Waals surface area contributed by atoms with E-state index in [-0.39, 0.29) is 24.4 Å². The first kappa shape index (κ1) is 19.0. The average molecular weight is 325 g/mol. The number of rotatable bonds is 5. The first-order valence-corrected chi connectivity index (χ1v) is 8.24. The number of halogens is 1. The lowest BCUT2D eigenvalue weighted by Crippen LogP contribution is -2.56. The van der Waals surface area contributed by atoms with E-state index in [1.165, 1.54) is 0 Å². The summed E-state index contributed by atoms with van der Waals surface area (Å²) in [6.45, 7) is 7.43. The summed E-state index contributed by atoms with van der Waals surface area (Å²) in [6.07, 6.45) is 3.85. The molecule has 1 aliphatic heterocycles. The van der Waals surface area contributed by atoms with Gasteiger partial charge in [0.25, 0.3) is 0 Å². The standard InChI is InChI=1S/C18H28N2O.ClH/c1-4-18(5-2,15-10-7-6-8-11-15)17(21)20-16-12-9-13-19-14(16)3;/h6-8,10-11,14,16,19H,4-5,9,12-13H2,1-3H3,(H,20,21);1H. The Balaban J connectivity index is 0.00000242. The third-order valence-corrected chi connectivity index (χ3v) is 5.05. The molecule has 0 aromatic heterocycles. The number of hydrogen-bond acceptors (Lipinski definition) is 2. The Hall–Kier alpha value is -1.06. The molecule has 0 radical (unpaired) electrons. The van der Waals surface area contributed by atoms with Crippen LogP contribution in [-0.2, 0) is 10.2 Å². The topological polar surface area (TPSA) is 41.1 Å². The number of nitrogens with one attached hydrogen (secondary N) is 2. The number of piperidine rings is 1. The monoisotopic (exact) mass is 324 g/mol. The fourth-order valence-corrected chi connectivity index (χ4v) is 3.42. The third kappa shape index (κ3) is 3.82. The zero-order chi connectivity index (χ0) is 15.3. The van der Waals surface area contributed by atoms with Gasteiger partial charge in [0.1, 0.15) is 0 Å². The number of carbonyl (C=O) groups is 1. The van der Waals surface area contributed by atoms with Gasteiger partial charge in [0.2, 0.25) is 5.91 Å². The van der Waals surface area contributed by atoms with Crippen LogP contribution in [0.5, 0.6) is 0 Å². The zero-order valence-electron chi connectivity index (χ0n) is 13.9. The van der Waals surface area contributed by atoms with Crippen molar-refractivity contribution < 1.29 is 4.79 Å². The van der Waals surface area contributed by atoms with Crippen molar-refractivity contribution in [2.24, 2.45) is 0 Å². The van der Waals surface area contributed by atoms with E-state index in [4.69, 9.17) is 0 Å². The number of carbonyl (C=O) groups excluding carboxylic acids is 1. The first-order chi connectivity index (χ1) is 10.1. The maximum Gasteiger partial charge on any atom is 0.230 e. The fraction of sp³-hybridized carbons (Fsp3) is 0.611. The summed E-state index contributed by atoms with van der Waals surface area (Å²) < 4.78 is 0. The first-order valence-electron chi connectivity index (χ1n) is 8.24. The van der Waals surface area contributed by atoms with Crippen LogP contribution in [0.1, 0.15) is 52.0 Å². The molecule has 0 aliphatic carbocycles. The second-order valence-electron chi connectivity index (χ2n) is 6.12. The van der Waals surface area contributed by atoms with Gasteiger partial charge in [-0.3, -0.25) is 4.79 Å². The van der Waals surface area contributed by atoms with E-state index in [1.54, 1.807) is 0 Å². The summed E-state index contributed by atoms with van der Waals surface area (Å²) in [5.41, 5.74) is 0.724. The van der Waals surface area contributed by atoms with Crippen molar-refractivity contribution in [1.29, 1.82) is 0 Å². The van der Waals surface area contributed by atoms with Gasteiger partial charge in [0, 0.05) is 12.1 Å². The van der Waals surface area contributed by atoms with E-state index in [9.17, 15) is 4.79 Å². The van der Waals surface area contributed by atoms with Crippen molar-refractivity contribution in [2.75, 3.05) is 6.54 Å². The van der Waals surface area contributed by atoms with Gasteiger partial charge >= 0.3 is 0 Å². The Bertz CT molecular complexity index is 459. The highest BCUT2D eigenvalue weighted by atomic mass is 35.5. The second-order valence-corrected chi connectivity index (χ2v) is 6.12. The highest BCUT2D eigenvalue weighted by molar-refractivity contribution is 5.88. The van der Waals surface area contributed by atoms with Gasteiger partial charge in [-0.25, -0.2) is 0 Å². The van der Waals surface area contributed by atoms with Crippen molar-refractivity contribution in [3.63, 3.8) is 0 Å². The van der Waals surface area contributed by atoms with E-state index in [0.717, 1.165) is 37.8 Å². The molecule has 0 bridgehead atoms. The molecular formula is C18H29ClN2O. The van der Waals surface area contributed by atoms with Crippen LogP contribution in [0.25, 0.3) is 0 Å². The maximum absolute atomic E-state index is 13.0. The average Bonchev–Trinajstić information content (AvgIpc) is 2.52. The van der Waals surface area contributed by atoms with Crippen LogP contribution < -0.4 is 10.6 Å². The molecule has 22 heavy (non-hydrogen) atoms. The Labute approximate surface area is 140 Å². The molecule has 3 nitrogen and oxygen atoms in total. The largest absolute Gasteiger partial charge is 0.351 e. The lowest BCUT2D eigenvalue weighted by Gasteiger charge is -2.36. The quantitative estimate of drug-likeness (QED) is 0.871. The summed E-state index contributed by atoms with van der Waals surface area (Å²) in [6, 6.07) is 10.8. The van der Waals surface area contributed by atoms with Gasteiger partial charge in [-0.15, -0.1) is 12.4 Å². The summed E-state index contributed by atoms with van der Waals surface area (Å²) in [5, 5.41) is 6.76. The summed E-state index contributed by atoms with van der Waals surface area (Å²) in [7, 11) is 0. The van der Waals surface area contributed by atoms with Crippen LogP contribution in [0.2, 0.25) is 0 Å². The van der Waals surface area contributed by atoms with Crippen LogP contribution in [0.3, 0.4) is 0 Å². The molecule has 1 aromatic rings. The van der Waals surface area contributed by atoms with E-state index in [1.807, 2.05) is 18.2 Å². The SMILES string of the molecule is CCC(CC)(C(=O)NC1CCCNC1C)c1ccccc1.Cl. The van der Waals surface area contributed by atoms with E-state index in [2.05, 4.69) is 43.5 Å². The van der Waals surface area contributed by atoms with E-state index in [0.29, 0.717) is 6.04 Å². The smallest absolute Gasteiger partial charge is 0.230 e. The molecule has 1 aromatic carbocycles.